The number of carbonyl (C=O) groups excluding carboxylic acids is 1. The molecule has 1 atom stereocenters. The molecular weight excluding hydrogens is 208 g/mol. The Bertz CT molecular complexity index is 371. The van der Waals surface area contributed by atoms with E-state index < -0.39 is 11.6 Å². The molecule has 0 saturated carbocycles. The number of hydrogen-bond acceptors (Lipinski definition) is 4. The molecule has 0 saturated heterocycles. The van der Waals surface area contributed by atoms with Gasteiger partial charge in [-0.3, -0.25) is 4.79 Å². The molecule has 0 heterocycles. The SMILES string of the molecule is COC(=O)CC(C)(O)c1cccc(OC)c1. The first-order chi connectivity index (χ1) is 7.49. The van der Waals surface area contributed by atoms with Gasteiger partial charge in [0.1, 0.15) is 5.75 Å². The monoisotopic (exact) mass is 224 g/mol. The molecule has 0 amide bonds. The van der Waals surface area contributed by atoms with Gasteiger partial charge in [-0.15, -0.1) is 0 Å². The molecule has 4 nitrogen and oxygen atoms in total. The molecule has 16 heavy (non-hydrogen) atoms. The van der Waals surface area contributed by atoms with E-state index in [4.69, 9.17) is 4.74 Å². The number of aliphatic hydroxyl groups is 1. The number of rotatable bonds is 4. The summed E-state index contributed by atoms with van der Waals surface area (Å²) in [5.41, 5.74) is -0.626. The Kier molecular flexibility index (Phi) is 3.90. The molecule has 0 fully saturated rings. The molecule has 0 aromatic heterocycles. The molecule has 0 spiro atoms. The third-order valence-electron chi connectivity index (χ3n) is 2.41. The zero-order chi connectivity index (χ0) is 12.2. The zero-order valence-corrected chi connectivity index (χ0v) is 9.69. The van der Waals surface area contributed by atoms with Gasteiger partial charge in [-0.2, -0.15) is 0 Å². The fourth-order valence-electron chi connectivity index (χ4n) is 1.41. The summed E-state index contributed by atoms with van der Waals surface area (Å²) < 4.78 is 9.59. The molecule has 1 aromatic rings. The summed E-state index contributed by atoms with van der Waals surface area (Å²) in [6.45, 7) is 1.57. The van der Waals surface area contributed by atoms with Gasteiger partial charge in [0.05, 0.1) is 26.2 Å². The number of carbonyl (C=O) groups is 1. The van der Waals surface area contributed by atoms with E-state index in [1.165, 1.54) is 7.11 Å². The van der Waals surface area contributed by atoms with E-state index in [2.05, 4.69) is 4.74 Å². The lowest BCUT2D eigenvalue weighted by Crippen LogP contribution is -2.25. The third kappa shape index (κ3) is 2.97. The summed E-state index contributed by atoms with van der Waals surface area (Å²) >= 11 is 0. The minimum Gasteiger partial charge on any atom is -0.497 e. The molecule has 0 radical (unpaired) electrons. The molecule has 1 aromatic carbocycles. The standard InChI is InChI=1S/C12H16O4/c1-12(14,8-11(13)16-3)9-5-4-6-10(7-9)15-2/h4-7,14H,8H2,1-3H3. The second kappa shape index (κ2) is 4.99. The third-order valence-corrected chi connectivity index (χ3v) is 2.41. The summed E-state index contributed by atoms with van der Waals surface area (Å²) in [6.07, 6.45) is -0.0866. The summed E-state index contributed by atoms with van der Waals surface area (Å²) in [7, 11) is 2.85. The van der Waals surface area contributed by atoms with Crippen LogP contribution in [-0.2, 0) is 15.1 Å². The molecule has 4 heteroatoms. The highest BCUT2D eigenvalue weighted by Crippen LogP contribution is 2.27. The minimum atomic E-state index is -1.25. The van der Waals surface area contributed by atoms with Gasteiger partial charge in [0.2, 0.25) is 0 Å². The van der Waals surface area contributed by atoms with Gasteiger partial charge in [0, 0.05) is 0 Å². The molecule has 0 aliphatic heterocycles. The number of ether oxygens (including phenoxy) is 2. The first-order valence-corrected chi connectivity index (χ1v) is 4.93. The van der Waals surface area contributed by atoms with Crippen molar-refractivity contribution in [2.24, 2.45) is 0 Å². The summed E-state index contributed by atoms with van der Waals surface area (Å²) in [4.78, 5) is 11.1. The van der Waals surface area contributed by atoms with E-state index in [0.29, 0.717) is 11.3 Å². The minimum absolute atomic E-state index is 0.0866. The van der Waals surface area contributed by atoms with E-state index in [9.17, 15) is 9.90 Å². The van der Waals surface area contributed by atoms with Gasteiger partial charge in [-0.1, -0.05) is 12.1 Å². The van der Waals surface area contributed by atoms with Crippen molar-refractivity contribution in [3.05, 3.63) is 29.8 Å². The van der Waals surface area contributed by atoms with Crippen LogP contribution < -0.4 is 4.74 Å². The number of benzene rings is 1. The van der Waals surface area contributed by atoms with Gasteiger partial charge < -0.3 is 14.6 Å². The van der Waals surface area contributed by atoms with E-state index in [0.717, 1.165) is 0 Å². The average Bonchev–Trinajstić information content (AvgIpc) is 2.28. The maximum absolute atomic E-state index is 11.1. The molecule has 1 rings (SSSR count). The van der Waals surface area contributed by atoms with Crippen LogP contribution in [0.15, 0.2) is 24.3 Å². The first kappa shape index (κ1) is 12.5. The first-order valence-electron chi connectivity index (χ1n) is 4.93. The lowest BCUT2D eigenvalue weighted by Gasteiger charge is -2.22. The number of methoxy groups -OCH3 is 2. The van der Waals surface area contributed by atoms with Crippen LogP contribution in [0.25, 0.3) is 0 Å². The quantitative estimate of drug-likeness (QED) is 0.787. The summed E-state index contributed by atoms with van der Waals surface area (Å²) in [6, 6.07) is 6.98. The fraction of sp³-hybridized carbons (Fsp3) is 0.417. The predicted molar refractivity (Wildman–Crippen MR) is 59.2 cm³/mol. The van der Waals surface area contributed by atoms with Crippen molar-refractivity contribution in [1.82, 2.24) is 0 Å². The molecule has 88 valence electrons. The van der Waals surface area contributed by atoms with Crippen LogP contribution in [-0.4, -0.2) is 25.3 Å². The maximum Gasteiger partial charge on any atom is 0.308 e. The largest absolute Gasteiger partial charge is 0.497 e. The van der Waals surface area contributed by atoms with Crippen LogP contribution in [0.1, 0.15) is 18.9 Å². The number of hydrogen-bond donors (Lipinski definition) is 1. The fourth-order valence-corrected chi connectivity index (χ4v) is 1.41. The topological polar surface area (TPSA) is 55.8 Å². The van der Waals surface area contributed by atoms with Crippen molar-refractivity contribution in [2.45, 2.75) is 18.9 Å². The van der Waals surface area contributed by atoms with Gasteiger partial charge in [0.15, 0.2) is 0 Å². The van der Waals surface area contributed by atoms with Crippen molar-refractivity contribution in [3.8, 4) is 5.75 Å². The Morgan fingerprint density at radius 1 is 1.44 bits per heavy atom. The highest BCUT2D eigenvalue weighted by molar-refractivity contribution is 5.70. The van der Waals surface area contributed by atoms with Crippen molar-refractivity contribution in [1.29, 1.82) is 0 Å². The number of esters is 1. The summed E-state index contributed by atoms with van der Waals surface area (Å²) in [5, 5.41) is 10.2. The van der Waals surface area contributed by atoms with Crippen molar-refractivity contribution >= 4 is 5.97 Å². The lowest BCUT2D eigenvalue weighted by atomic mass is 9.92. The van der Waals surface area contributed by atoms with Crippen LogP contribution >= 0.6 is 0 Å². The molecule has 0 bridgehead atoms. The maximum atomic E-state index is 11.1. The molecule has 0 aliphatic rings. The van der Waals surface area contributed by atoms with Crippen LogP contribution in [0.5, 0.6) is 5.75 Å². The Hall–Kier alpha value is -1.55. The van der Waals surface area contributed by atoms with Crippen molar-refractivity contribution < 1.29 is 19.4 Å². The highest BCUT2D eigenvalue weighted by atomic mass is 16.5. The van der Waals surface area contributed by atoms with Crippen molar-refractivity contribution in [3.63, 3.8) is 0 Å². The van der Waals surface area contributed by atoms with Gasteiger partial charge in [-0.05, 0) is 24.6 Å². The highest BCUT2D eigenvalue weighted by Gasteiger charge is 2.27. The van der Waals surface area contributed by atoms with Crippen molar-refractivity contribution in [2.75, 3.05) is 14.2 Å². The molecular formula is C12H16O4. The average molecular weight is 224 g/mol. The van der Waals surface area contributed by atoms with Gasteiger partial charge >= 0.3 is 5.97 Å². The molecule has 1 N–H and O–H groups in total. The van der Waals surface area contributed by atoms with Crippen LogP contribution in [0.3, 0.4) is 0 Å². The molecule has 0 aliphatic carbocycles. The second-order valence-electron chi connectivity index (χ2n) is 3.76. The van der Waals surface area contributed by atoms with Crippen LogP contribution in [0.4, 0.5) is 0 Å². The second-order valence-corrected chi connectivity index (χ2v) is 3.76. The smallest absolute Gasteiger partial charge is 0.308 e. The lowest BCUT2D eigenvalue weighted by molar-refractivity contribution is -0.145. The Balaban J connectivity index is 2.92. The Morgan fingerprint density at radius 3 is 2.69 bits per heavy atom. The normalized spacial score (nSPS) is 14.0. The van der Waals surface area contributed by atoms with Crippen LogP contribution in [0, 0.1) is 0 Å². The van der Waals surface area contributed by atoms with E-state index in [1.807, 2.05) is 0 Å². The molecule has 1 unspecified atom stereocenters. The van der Waals surface area contributed by atoms with Gasteiger partial charge in [0.25, 0.3) is 0 Å². The van der Waals surface area contributed by atoms with E-state index in [-0.39, 0.29) is 6.42 Å². The Morgan fingerprint density at radius 2 is 2.12 bits per heavy atom. The van der Waals surface area contributed by atoms with E-state index in [1.54, 1.807) is 38.3 Å². The Labute approximate surface area is 94.8 Å². The zero-order valence-electron chi connectivity index (χ0n) is 9.69. The van der Waals surface area contributed by atoms with Crippen LogP contribution in [0.2, 0.25) is 0 Å². The van der Waals surface area contributed by atoms with E-state index >= 15 is 0 Å². The van der Waals surface area contributed by atoms with Gasteiger partial charge in [-0.25, -0.2) is 0 Å². The predicted octanol–water partition coefficient (Wildman–Crippen LogP) is 1.47. The summed E-state index contributed by atoms with van der Waals surface area (Å²) in [5.74, 6) is 0.190.